The summed E-state index contributed by atoms with van der Waals surface area (Å²) in [6, 6.07) is 11.8. The summed E-state index contributed by atoms with van der Waals surface area (Å²) in [5.41, 5.74) is 5.01. The maximum atomic E-state index is 13.4. The molecule has 1 N–H and O–H groups in total. The van der Waals surface area contributed by atoms with Gasteiger partial charge in [0, 0.05) is 23.9 Å². The third-order valence-electron chi connectivity index (χ3n) is 5.75. The minimum atomic E-state index is -3.57. The summed E-state index contributed by atoms with van der Waals surface area (Å²) in [5.74, 6) is 2.47. The Bertz CT molecular complexity index is 884. The van der Waals surface area contributed by atoms with E-state index in [1.54, 1.807) is 12.1 Å². The lowest BCUT2D eigenvalue weighted by Gasteiger charge is -2.24. The highest BCUT2D eigenvalue weighted by molar-refractivity contribution is 7.97. The summed E-state index contributed by atoms with van der Waals surface area (Å²) in [6.07, 6.45) is 0.919. The predicted molar refractivity (Wildman–Crippen MR) is 103 cm³/mol. The van der Waals surface area contributed by atoms with Gasteiger partial charge >= 0.3 is 6.29 Å². The van der Waals surface area contributed by atoms with E-state index in [-0.39, 0.29) is 11.5 Å². The van der Waals surface area contributed by atoms with Crippen molar-refractivity contribution in [2.75, 3.05) is 18.1 Å². The van der Waals surface area contributed by atoms with Crippen molar-refractivity contribution in [1.82, 2.24) is 0 Å². The summed E-state index contributed by atoms with van der Waals surface area (Å²) in [5, 5.41) is 3.61. The van der Waals surface area contributed by atoms with Crippen molar-refractivity contribution < 1.29 is 18.3 Å². The lowest BCUT2D eigenvalue weighted by molar-refractivity contribution is -0.286. The fraction of sp³-hybridized carbons (Fsp3) is 0.429. The van der Waals surface area contributed by atoms with Gasteiger partial charge in [-0.1, -0.05) is 24.3 Å². The molecule has 0 aromatic heterocycles. The molecule has 27 heavy (non-hydrogen) atoms. The molecule has 1 aliphatic carbocycles. The fourth-order valence-corrected chi connectivity index (χ4v) is 5.08. The number of anilines is 1. The van der Waals surface area contributed by atoms with E-state index in [0.29, 0.717) is 17.8 Å². The lowest BCUT2D eigenvalue weighted by atomic mass is 9.79. The Morgan fingerprint density at radius 1 is 1.19 bits per heavy atom. The largest absolute Gasteiger partial charge is 0.586 e. The minimum Gasteiger partial charge on any atom is -0.395 e. The highest BCUT2D eigenvalue weighted by atomic mass is 32.2. The zero-order chi connectivity index (χ0) is 18.6. The number of fused-ring (bicyclic) bond motifs is 2. The standard InChI is InChI=1S/C21H21F2NO2S/c1-27-11-14-3-2-4-15-16(10-24-20(14)15)19(12-5-6-12)13-7-8-17-18(9-13)26-21(22,23)25-17/h2-4,7-9,12,16,19,24H,5-6,10-11H2,1H3. The Hall–Kier alpha value is -1.95. The molecule has 2 aromatic carbocycles. The molecule has 1 saturated carbocycles. The number of hydrogen-bond acceptors (Lipinski definition) is 4. The number of hydrogen-bond donors (Lipinski definition) is 1. The van der Waals surface area contributed by atoms with Crippen LogP contribution in [0.15, 0.2) is 36.4 Å². The molecule has 0 spiro atoms. The minimum absolute atomic E-state index is 0.116. The molecular formula is C21H21F2NO2S. The molecule has 2 atom stereocenters. The molecule has 5 rings (SSSR count). The van der Waals surface area contributed by atoms with E-state index in [0.717, 1.165) is 17.9 Å². The average molecular weight is 389 g/mol. The van der Waals surface area contributed by atoms with Crippen LogP contribution in [0, 0.1) is 5.92 Å². The van der Waals surface area contributed by atoms with Crippen molar-refractivity contribution in [1.29, 1.82) is 0 Å². The van der Waals surface area contributed by atoms with Crippen LogP contribution in [0.2, 0.25) is 0 Å². The van der Waals surface area contributed by atoms with Crippen molar-refractivity contribution >= 4 is 17.4 Å². The van der Waals surface area contributed by atoms with Gasteiger partial charge in [0.2, 0.25) is 0 Å². The van der Waals surface area contributed by atoms with Crippen LogP contribution in [-0.2, 0) is 5.75 Å². The first-order valence-electron chi connectivity index (χ1n) is 9.30. The second-order valence-electron chi connectivity index (χ2n) is 7.54. The number of nitrogens with one attached hydrogen (secondary N) is 1. The normalized spacial score (nSPS) is 23.0. The molecule has 142 valence electrons. The highest BCUT2D eigenvalue weighted by Gasteiger charge is 2.45. The molecule has 0 amide bonds. The van der Waals surface area contributed by atoms with Crippen LogP contribution in [0.3, 0.4) is 0 Å². The number of para-hydroxylation sites is 1. The van der Waals surface area contributed by atoms with Crippen molar-refractivity contribution in [2.45, 2.75) is 36.7 Å². The number of rotatable bonds is 5. The summed E-state index contributed by atoms with van der Waals surface area (Å²) in [7, 11) is 0. The van der Waals surface area contributed by atoms with Gasteiger partial charge in [-0.15, -0.1) is 8.78 Å². The Morgan fingerprint density at radius 3 is 2.78 bits per heavy atom. The summed E-state index contributed by atoms with van der Waals surface area (Å²) in [4.78, 5) is 0. The van der Waals surface area contributed by atoms with Crippen LogP contribution < -0.4 is 14.8 Å². The molecule has 0 saturated heterocycles. The van der Waals surface area contributed by atoms with E-state index in [1.807, 2.05) is 17.8 Å². The van der Waals surface area contributed by atoms with Crippen LogP contribution in [0.25, 0.3) is 0 Å². The fourth-order valence-electron chi connectivity index (χ4n) is 4.52. The first kappa shape index (κ1) is 17.2. The molecule has 1 fully saturated rings. The quantitative estimate of drug-likeness (QED) is 0.724. The van der Waals surface area contributed by atoms with Crippen LogP contribution in [0.1, 0.15) is 41.4 Å². The number of halogens is 2. The van der Waals surface area contributed by atoms with Crippen molar-refractivity contribution in [3.8, 4) is 11.5 Å². The van der Waals surface area contributed by atoms with Gasteiger partial charge in [0.15, 0.2) is 11.5 Å². The summed E-state index contributed by atoms with van der Waals surface area (Å²) >= 11 is 1.82. The monoisotopic (exact) mass is 389 g/mol. The topological polar surface area (TPSA) is 30.5 Å². The van der Waals surface area contributed by atoms with Gasteiger partial charge in [-0.3, -0.25) is 0 Å². The molecule has 6 heteroatoms. The van der Waals surface area contributed by atoms with E-state index in [2.05, 4.69) is 34.5 Å². The van der Waals surface area contributed by atoms with E-state index in [4.69, 9.17) is 4.74 Å². The summed E-state index contributed by atoms with van der Waals surface area (Å²) < 4.78 is 36.1. The van der Waals surface area contributed by atoms with Crippen LogP contribution in [-0.4, -0.2) is 19.1 Å². The second-order valence-corrected chi connectivity index (χ2v) is 8.40. The van der Waals surface area contributed by atoms with Crippen LogP contribution in [0.4, 0.5) is 14.5 Å². The van der Waals surface area contributed by atoms with Gasteiger partial charge in [-0.25, -0.2) is 0 Å². The Morgan fingerprint density at radius 2 is 2.00 bits per heavy atom. The maximum absolute atomic E-state index is 13.4. The van der Waals surface area contributed by atoms with Crippen molar-refractivity contribution in [3.05, 3.63) is 53.1 Å². The van der Waals surface area contributed by atoms with Gasteiger partial charge < -0.3 is 14.8 Å². The highest BCUT2D eigenvalue weighted by Crippen LogP contribution is 2.54. The van der Waals surface area contributed by atoms with Crippen LogP contribution >= 0.6 is 11.8 Å². The third kappa shape index (κ3) is 3.04. The molecule has 2 heterocycles. The maximum Gasteiger partial charge on any atom is 0.586 e. The number of ether oxygens (including phenoxy) is 2. The van der Waals surface area contributed by atoms with E-state index >= 15 is 0 Å². The van der Waals surface area contributed by atoms with Gasteiger partial charge in [0.25, 0.3) is 0 Å². The van der Waals surface area contributed by atoms with Gasteiger partial charge in [0.05, 0.1) is 0 Å². The van der Waals surface area contributed by atoms with Gasteiger partial charge in [-0.05, 0) is 59.8 Å². The molecule has 0 bridgehead atoms. The van der Waals surface area contributed by atoms with Crippen molar-refractivity contribution in [3.63, 3.8) is 0 Å². The van der Waals surface area contributed by atoms with E-state index in [9.17, 15) is 8.78 Å². The van der Waals surface area contributed by atoms with Gasteiger partial charge in [-0.2, -0.15) is 11.8 Å². The molecule has 2 aromatic rings. The average Bonchev–Trinajstić information content (AvgIpc) is 3.28. The third-order valence-corrected chi connectivity index (χ3v) is 6.35. The predicted octanol–water partition coefficient (Wildman–Crippen LogP) is 5.57. The lowest BCUT2D eigenvalue weighted by Crippen LogP contribution is -2.25. The van der Waals surface area contributed by atoms with Gasteiger partial charge in [0.1, 0.15) is 0 Å². The smallest absolute Gasteiger partial charge is 0.395 e. The second kappa shape index (κ2) is 6.30. The molecule has 2 unspecified atom stereocenters. The van der Waals surface area contributed by atoms with E-state index in [1.165, 1.54) is 29.7 Å². The number of thioether (sulfide) groups is 1. The number of alkyl halides is 2. The zero-order valence-electron chi connectivity index (χ0n) is 15.0. The first-order valence-corrected chi connectivity index (χ1v) is 10.7. The molecule has 3 aliphatic rings. The number of benzene rings is 2. The zero-order valence-corrected chi connectivity index (χ0v) is 15.8. The summed E-state index contributed by atoms with van der Waals surface area (Å²) in [6.45, 7) is 0.881. The van der Waals surface area contributed by atoms with Crippen molar-refractivity contribution in [2.24, 2.45) is 5.92 Å². The van der Waals surface area contributed by atoms with E-state index < -0.39 is 6.29 Å². The molecule has 0 radical (unpaired) electrons. The first-order chi connectivity index (χ1) is 13.1. The SMILES string of the molecule is CSCc1cccc2c1NCC2C(c1ccc2c(c1)OC(F)(F)O2)C1CC1. The Labute approximate surface area is 161 Å². The molecule has 2 aliphatic heterocycles. The van der Waals surface area contributed by atoms with Crippen LogP contribution in [0.5, 0.6) is 11.5 Å². The Balaban J connectivity index is 1.51. The molecule has 3 nitrogen and oxygen atoms in total. The molecular weight excluding hydrogens is 368 g/mol. The Kier molecular flexibility index (Phi) is 4.00.